The molecule has 2 fully saturated rings. The van der Waals surface area contributed by atoms with Gasteiger partial charge >= 0.3 is 5.97 Å². The summed E-state index contributed by atoms with van der Waals surface area (Å²) in [6, 6.07) is 7.05. The zero-order chi connectivity index (χ0) is 27.6. The van der Waals surface area contributed by atoms with Crippen LogP contribution >= 0.6 is 0 Å². The van der Waals surface area contributed by atoms with E-state index in [-0.39, 0.29) is 25.0 Å². The summed E-state index contributed by atoms with van der Waals surface area (Å²) in [4.78, 5) is 47.0. The Morgan fingerprint density at radius 1 is 1.00 bits per heavy atom. The molecule has 210 valence electrons. The molecule has 1 spiro atoms. The fourth-order valence-electron chi connectivity index (χ4n) is 6.62. The minimum atomic E-state index is -1.24. The first-order valence-corrected chi connectivity index (χ1v) is 14.2. The molecule has 9 nitrogen and oxygen atoms in total. The lowest BCUT2D eigenvalue weighted by Gasteiger charge is -2.35. The molecule has 1 unspecified atom stereocenters. The summed E-state index contributed by atoms with van der Waals surface area (Å²) in [6.45, 7) is 6.99. The number of ether oxygens (including phenoxy) is 2. The number of hydrogen-bond acceptors (Lipinski definition) is 7. The van der Waals surface area contributed by atoms with Crippen molar-refractivity contribution in [2.75, 3.05) is 49.2 Å². The van der Waals surface area contributed by atoms with Crippen LogP contribution in [0.25, 0.3) is 0 Å². The highest BCUT2D eigenvalue weighted by Crippen LogP contribution is 2.53. The van der Waals surface area contributed by atoms with Crippen molar-refractivity contribution in [2.45, 2.75) is 57.3 Å². The lowest BCUT2D eigenvalue weighted by molar-refractivity contribution is -0.152. The normalized spacial score (nSPS) is 29.6. The number of carbonyl (C=O) groups excluding carboxylic acids is 3. The van der Waals surface area contributed by atoms with Gasteiger partial charge in [-0.3, -0.25) is 14.4 Å². The molecule has 5 atom stereocenters. The predicted molar refractivity (Wildman–Crippen MR) is 147 cm³/mol. The van der Waals surface area contributed by atoms with Crippen molar-refractivity contribution in [3.05, 3.63) is 48.6 Å². The van der Waals surface area contributed by atoms with E-state index in [0.29, 0.717) is 25.9 Å². The number of unbranched alkanes of at least 4 members (excludes halogenated alkanes) is 3. The molecule has 0 bridgehead atoms. The van der Waals surface area contributed by atoms with E-state index in [4.69, 9.17) is 14.6 Å². The van der Waals surface area contributed by atoms with Gasteiger partial charge in [0.05, 0.1) is 12.0 Å². The zero-order valence-corrected chi connectivity index (χ0v) is 22.8. The molecule has 4 aliphatic heterocycles. The summed E-state index contributed by atoms with van der Waals surface area (Å²) >= 11 is 0. The Morgan fingerprint density at radius 3 is 2.46 bits per heavy atom. The smallest absolute Gasteiger partial charge is 0.313 e. The van der Waals surface area contributed by atoms with Gasteiger partial charge in [0.25, 0.3) is 5.91 Å². The number of aliphatic hydroxyl groups is 1. The minimum absolute atomic E-state index is 0.133. The summed E-state index contributed by atoms with van der Waals surface area (Å²) in [6.07, 6.45) is 9.71. The number of hydrogen-bond donors (Lipinski definition) is 1. The summed E-state index contributed by atoms with van der Waals surface area (Å²) in [5.74, 6) is -2.53. The first kappa shape index (κ1) is 27.4. The maximum Gasteiger partial charge on any atom is 0.313 e. The number of likely N-dealkylation sites (tertiary alicyclic amines) is 1. The maximum absolute atomic E-state index is 14.4. The minimum Gasteiger partial charge on any atom is -0.461 e. The molecule has 1 aromatic rings. The van der Waals surface area contributed by atoms with Crippen molar-refractivity contribution >= 4 is 29.2 Å². The summed E-state index contributed by atoms with van der Waals surface area (Å²) in [5, 5.41) is 9.13. The molecule has 0 aliphatic carbocycles. The third-order valence-electron chi connectivity index (χ3n) is 8.51. The first-order valence-electron chi connectivity index (χ1n) is 14.2. The fourth-order valence-corrected chi connectivity index (χ4v) is 6.62. The molecular formula is C30H39N3O6. The standard InChI is InChI=1S/C30H39N3O6/c1-3-31(4-2)21-12-14-22(15-13-21)32-18-10-16-30-25(24-23(39-30)11-9-20-38-29(24)37)27(35)33(26(30)28(32)36)17-7-5-6-8-19-34/h9-16,23-26,34H,3-8,17-20H2,1-2H3/t23-,24+,25-,26?,30-/m0/s1. The average Bonchev–Trinajstić information content (AvgIpc) is 3.23. The summed E-state index contributed by atoms with van der Waals surface area (Å²) < 4.78 is 12.0. The molecule has 0 radical (unpaired) electrons. The van der Waals surface area contributed by atoms with E-state index in [1.54, 1.807) is 22.0 Å². The molecule has 1 aromatic carbocycles. The van der Waals surface area contributed by atoms with Crippen molar-refractivity contribution < 1.29 is 29.0 Å². The van der Waals surface area contributed by atoms with Crippen LogP contribution in [0.1, 0.15) is 39.5 Å². The van der Waals surface area contributed by atoms with E-state index < -0.39 is 35.6 Å². The molecule has 0 aromatic heterocycles. The number of amides is 2. The topological polar surface area (TPSA) is 99.6 Å². The summed E-state index contributed by atoms with van der Waals surface area (Å²) in [5.41, 5.74) is 0.594. The van der Waals surface area contributed by atoms with Gasteiger partial charge in [-0.15, -0.1) is 0 Å². The molecule has 9 heteroatoms. The van der Waals surface area contributed by atoms with Gasteiger partial charge < -0.3 is 29.3 Å². The van der Waals surface area contributed by atoms with Crippen LogP contribution in [-0.2, 0) is 23.9 Å². The van der Waals surface area contributed by atoms with Gasteiger partial charge in [-0.25, -0.2) is 0 Å². The second-order valence-corrected chi connectivity index (χ2v) is 10.6. The Labute approximate surface area is 230 Å². The molecule has 5 rings (SSSR count). The van der Waals surface area contributed by atoms with Crippen molar-refractivity contribution in [3.8, 4) is 0 Å². The molecule has 4 heterocycles. The van der Waals surface area contributed by atoms with E-state index in [0.717, 1.165) is 37.3 Å². The maximum atomic E-state index is 14.4. The lowest BCUT2D eigenvalue weighted by atomic mass is 9.78. The van der Waals surface area contributed by atoms with Crippen molar-refractivity contribution in [2.24, 2.45) is 11.8 Å². The molecular weight excluding hydrogens is 498 g/mol. The van der Waals surface area contributed by atoms with E-state index in [1.807, 2.05) is 36.4 Å². The van der Waals surface area contributed by atoms with Crippen LogP contribution in [0, 0.1) is 11.8 Å². The lowest BCUT2D eigenvalue weighted by Crippen LogP contribution is -2.55. The highest BCUT2D eigenvalue weighted by molar-refractivity contribution is 6.05. The number of benzene rings is 1. The molecule has 1 N–H and O–H groups in total. The SMILES string of the molecule is CCN(CC)c1ccc(N2CC=C[C@]34O[C@H]5C=CCOC(=O)[C@H]5[C@H]3C(=O)N(CCCCCCO)C4C2=O)cc1. The second-order valence-electron chi connectivity index (χ2n) is 10.6. The zero-order valence-electron chi connectivity index (χ0n) is 22.8. The highest BCUT2D eigenvalue weighted by atomic mass is 16.6. The molecule has 2 saturated heterocycles. The summed E-state index contributed by atoms with van der Waals surface area (Å²) in [7, 11) is 0. The predicted octanol–water partition coefficient (Wildman–Crippen LogP) is 2.68. The van der Waals surface area contributed by atoms with Crippen LogP contribution in [0.3, 0.4) is 0 Å². The van der Waals surface area contributed by atoms with Crippen LogP contribution in [-0.4, -0.2) is 84.9 Å². The number of rotatable bonds is 10. The van der Waals surface area contributed by atoms with Crippen molar-refractivity contribution in [1.29, 1.82) is 0 Å². The number of fused-ring (bicyclic) bond motifs is 2. The Morgan fingerprint density at radius 2 is 1.74 bits per heavy atom. The number of carbonyl (C=O) groups is 3. The van der Waals surface area contributed by atoms with Crippen LogP contribution < -0.4 is 9.80 Å². The third-order valence-corrected chi connectivity index (χ3v) is 8.51. The van der Waals surface area contributed by atoms with E-state index >= 15 is 0 Å². The van der Waals surface area contributed by atoms with Crippen molar-refractivity contribution in [1.82, 2.24) is 4.90 Å². The van der Waals surface area contributed by atoms with Gasteiger partial charge in [0, 0.05) is 44.2 Å². The van der Waals surface area contributed by atoms with E-state index in [9.17, 15) is 14.4 Å². The van der Waals surface area contributed by atoms with Gasteiger partial charge in [0.15, 0.2) is 0 Å². The number of cyclic esters (lactones) is 1. The monoisotopic (exact) mass is 537 g/mol. The van der Waals surface area contributed by atoms with Gasteiger partial charge in [0.1, 0.15) is 24.2 Å². The van der Waals surface area contributed by atoms with Crippen LogP contribution in [0.5, 0.6) is 0 Å². The average molecular weight is 538 g/mol. The Bertz CT molecular complexity index is 1130. The van der Waals surface area contributed by atoms with E-state index in [1.165, 1.54) is 0 Å². The largest absolute Gasteiger partial charge is 0.461 e. The molecule has 39 heavy (non-hydrogen) atoms. The van der Waals surface area contributed by atoms with Gasteiger partial charge in [-0.1, -0.05) is 31.1 Å². The van der Waals surface area contributed by atoms with Gasteiger partial charge in [-0.2, -0.15) is 0 Å². The van der Waals surface area contributed by atoms with Crippen molar-refractivity contribution in [3.63, 3.8) is 0 Å². The van der Waals surface area contributed by atoms with Crippen LogP contribution in [0.2, 0.25) is 0 Å². The Hall–Kier alpha value is -3.17. The molecule has 4 aliphatic rings. The number of anilines is 2. The molecule has 2 amide bonds. The Balaban J connectivity index is 1.49. The quantitative estimate of drug-likeness (QED) is 0.278. The van der Waals surface area contributed by atoms with Gasteiger partial charge in [-0.05, 0) is 57.0 Å². The Kier molecular flexibility index (Phi) is 8.09. The number of aliphatic hydroxyl groups excluding tert-OH is 1. The number of nitrogens with zero attached hydrogens (tertiary/aromatic N) is 3. The second kappa shape index (κ2) is 11.5. The highest BCUT2D eigenvalue weighted by Gasteiger charge is 2.71. The number of esters is 1. The fraction of sp³-hybridized carbons (Fsp3) is 0.567. The van der Waals surface area contributed by atoms with Crippen LogP contribution in [0.15, 0.2) is 48.6 Å². The first-order chi connectivity index (χ1) is 19.0. The van der Waals surface area contributed by atoms with Gasteiger partial charge in [0.2, 0.25) is 5.91 Å². The van der Waals surface area contributed by atoms with E-state index in [2.05, 4.69) is 18.7 Å². The third kappa shape index (κ3) is 4.76. The van der Waals surface area contributed by atoms with Crippen LogP contribution in [0.4, 0.5) is 11.4 Å². The molecule has 0 saturated carbocycles.